The Morgan fingerprint density at radius 3 is 2.08 bits per heavy atom. The van der Waals surface area contributed by atoms with E-state index in [2.05, 4.69) is 4.72 Å². The standard InChI is InChI=1S/C16H31N3O6S/c1-15(2,3)24-13(20)18-26(22,23)17-12-8-7-10-19(11-9-12)14(21)25-16(4,5)6/h12,17H,7-11H2,1-6H3,(H,18,20). The molecule has 0 aromatic carbocycles. The summed E-state index contributed by atoms with van der Waals surface area (Å²) in [7, 11) is -4.04. The van der Waals surface area contributed by atoms with Gasteiger partial charge in [-0.25, -0.2) is 14.3 Å². The third-order valence-corrected chi connectivity index (χ3v) is 4.40. The summed E-state index contributed by atoms with van der Waals surface area (Å²) in [5.41, 5.74) is -1.38. The first-order chi connectivity index (χ1) is 11.7. The van der Waals surface area contributed by atoms with Gasteiger partial charge in [-0.3, -0.25) is 0 Å². The summed E-state index contributed by atoms with van der Waals surface area (Å²) in [5, 5.41) is 0. The van der Waals surface area contributed by atoms with Gasteiger partial charge in [0.1, 0.15) is 11.2 Å². The van der Waals surface area contributed by atoms with Crippen molar-refractivity contribution < 1.29 is 27.5 Å². The molecule has 0 aromatic rings. The topological polar surface area (TPSA) is 114 Å². The fourth-order valence-electron chi connectivity index (χ4n) is 2.38. The van der Waals surface area contributed by atoms with E-state index in [4.69, 9.17) is 9.47 Å². The number of amides is 2. The predicted octanol–water partition coefficient (Wildman–Crippen LogP) is 2.14. The van der Waals surface area contributed by atoms with Crippen molar-refractivity contribution in [2.75, 3.05) is 13.1 Å². The number of nitrogens with zero attached hydrogens (tertiary/aromatic N) is 1. The van der Waals surface area contributed by atoms with Gasteiger partial charge in [-0.2, -0.15) is 13.1 Å². The van der Waals surface area contributed by atoms with Crippen LogP contribution in [0.4, 0.5) is 9.59 Å². The zero-order valence-electron chi connectivity index (χ0n) is 16.4. The lowest BCUT2D eigenvalue weighted by Crippen LogP contribution is -2.47. The van der Waals surface area contributed by atoms with Crippen LogP contribution in [-0.4, -0.2) is 55.8 Å². The molecule has 1 fully saturated rings. The molecule has 1 aliphatic rings. The van der Waals surface area contributed by atoms with Gasteiger partial charge >= 0.3 is 22.4 Å². The van der Waals surface area contributed by atoms with Gasteiger partial charge in [0, 0.05) is 19.1 Å². The van der Waals surface area contributed by atoms with Crippen molar-refractivity contribution in [1.82, 2.24) is 14.3 Å². The number of hydrogen-bond acceptors (Lipinski definition) is 6. The Labute approximate surface area is 156 Å². The van der Waals surface area contributed by atoms with E-state index >= 15 is 0 Å². The molecule has 1 aliphatic heterocycles. The number of carbonyl (C=O) groups excluding carboxylic acids is 2. The first-order valence-corrected chi connectivity index (χ1v) is 10.2. The van der Waals surface area contributed by atoms with Crippen LogP contribution >= 0.6 is 0 Å². The third-order valence-electron chi connectivity index (χ3n) is 3.32. The Balaban J connectivity index is 2.56. The van der Waals surface area contributed by atoms with Crippen LogP contribution in [0.3, 0.4) is 0 Å². The van der Waals surface area contributed by atoms with Crippen molar-refractivity contribution in [2.24, 2.45) is 0 Å². The van der Waals surface area contributed by atoms with Gasteiger partial charge < -0.3 is 14.4 Å². The quantitative estimate of drug-likeness (QED) is 0.759. The summed E-state index contributed by atoms with van der Waals surface area (Å²) < 4.78 is 38.7. The van der Waals surface area contributed by atoms with Gasteiger partial charge in [0.05, 0.1) is 0 Å². The van der Waals surface area contributed by atoms with E-state index in [-0.39, 0.29) is 6.04 Å². The van der Waals surface area contributed by atoms with Gasteiger partial charge in [-0.05, 0) is 60.8 Å². The molecule has 0 radical (unpaired) electrons. The predicted molar refractivity (Wildman–Crippen MR) is 96.9 cm³/mol. The van der Waals surface area contributed by atoms with Crippen LogP contribution in [0.5, 0.6) is 0 Å². The molecule has 1 heterocycles. The van der Waals surface area contributed by atoms with Crippen molar-refractivity contribution in [3.8, 4) is 0 Å². The lowest BCUT2D eigenvalue weighted by Gasteiger charge is -2.26. The first-order valence-electron chi connectivity index (χ1n) is 8.68. The Hall–Kier alpha value is -1.55. The fourth-order valence-corrected chi connectivity index (χ4v) is 3.38. The molecule has 1 atom stereocenters. The number of likely N-dealkylation sites (tertiary alicyclic amines) is 1. The minimum Gasteiger partial charge on any atom is -0.444 e. The van der Waals surface area contributed by atoms with E-state index in [0.717, 1.165) is 0 Å². The average molecular weight is 394 g/mol. The van der Waals surface area contributed by atoms with Gasteiger partial charge in [0.25, 0.3) is 0 Å². The molecule has 9 nitrogen and oxygen atoms in total. The molecule has 2 N–H and O–H groups in total. The molecule has 1 rings (SSSR count). The molecule has 152 valence electrons. The van der Waals surface area contributed by atoms with Crippen LogP contribution in [-0.2, 0) is 19.7 Å². The number of hydrogen-bond donors (Lipinski definition) is 2. The molecule has 0 spiro atoms. The van der Waals surface area contributed by atoms with E-state index in [0.29, 0.717) is 32.4 Å². The van der Waals surface area contributed by atoms with Crippen molar-refractivity contribution in [1.29, 1.82) is 0 Å². The largest absolute Gasteiger partial charge is 0.444 e. The Bertz CT molecular complexity index is 606. The highest BCUT2D eigenvalue weighted by Crippen LogP contribution is 2.16. The Kier molecular flexibility index (Phi) is 7.29. The van der Waals surface area contributed by atoms with Gasteiger partial charge in [-0.1, -0.05) is 0 Å². The highest BCUT2D eigenvalue weighted by atomic mass is 32.2. The van der Waals surface area contributed by atoms with Crippen molar-refractivity contribution in [3.05, 3.63) is 0 Å². The second kappa shape index (κ2) is 8.43. The number of nitrogens with one attached hydrogen (secondary N) is 2. The number of carbonyl (C=O) groups is 2. The molecule has 26 heavy (non-hydrogen) atoms. The SMILES string of the molecule is CC(C)(C)OC(=O)NS(=O)(=O)NC1CCCN(C(=O)OC(C)(C)C)CC1. The summed E-state index contributed by atoms with van der Waals surface area (Å²) in [5.74, 6) is 0. The zero-order chi connectivity index (χ0) is 20.2. The van der Waals surface area contributed by atoms with Crippen LogP contribution in [0, 0.1) is 0 Å². The normalized spacial score (nSPS) is 19.5. The highest BCUT2D eigenvalue weighted by Gasteiger charge is 2.28. The molecular weight excluding hydrogens is 362 g/mol. The summed E-state index contributed by atoms with van der Waals surface area (Å²) in [4.78, 5) is 25.3. The highest BCUT2D eigenvalue weighted by molar-refractivity contribution is 7.88. The molecule has 0 saturated carbocycles. The van der Waals surface area contributed by atoms with E-state index < -0.39 is 33.6 Å². The minimum atomic E-state index is -4.04. The van der Waals surface area contributed by atoms with Crippen LogP contribution in [0.2, 0.25) is 0 Å². The lowest BCUT2D eigenvalue weighted by molar-refractivity contribution is 0.0256. The van der Waals surface area contributed by atoms with Crippen LogP contribution in [0.1, 0.15) is 60.8 Å². The molecule has 0 aliphatic carbocycles. The minimum absolute atomic E-state index is 0.370. The van der Waals surface area contributed by atoms with Crippen LogP contribution in [0.15, 0.2) is 0 Å². The zero-order valence-corrected chi connectivity index (χ0v) is 17.2. The maximum atomic E-state index is 12.1. The summed E-state index contributed by atoms with van der Waals surface area (Å²) in [6.45, 7) is 11.2. The second-order valence-corrected chi connectivity index (χ2v) is 9.77. The van der Waals surface area contributed by atoms with E-state index in [1.165, 1.54) is 0 Å². The number of ether oxygens (including phenoxy) is 2. The van der Waals surface area contributed by atoms with Crippen LogP contribution < -0.4 is 9.44 Å². The van der Waals surface area contributed by atoms with Crippen LogP contribution in [0.25, 0.3) is 0 Å². The smallest absolute Gasteiger partial charge is 0.422 e. The average Bonchev–Trinajstić information content (AvgIpc) is 2.58. The monoisotopic (exact) mass is 393 g/mol. The molecule has 0 bridgehead atoms. The van der Waals surface area contributed by atoms with Gasteiger partial charge in [0.2, 0.25) is 0 Å². The molecule has 1 unspecified atom stereocenters. The number of rotatable bonds is 3. The third kappa shape index (κ3) is 9.23. The second-order valence-electron chi connectivity index (χ2n) is 8.32. The summed E-state index contributed by atoms with van der Waals surface area (Å²) >= 11 is 0. The molecule has 0 aromatic heterocycles. The molecule has 2 amide bonds. The first kappa shape index (κ1) is 22.5. The molecule has 10 heteroatoms. The van der Waals surface area contributed by atoms with E-state index in [1.807, 2.05) is 4.72 Å². The Morgan fingerprint density at radius 2 is 1.54 bits per heavy atom. The van der Waals surface area contributed by atoms with Crippen molar-refractivity contribution >= 4 is 22.4 Å². The maximum Gasteiger partial charge on any atom is 0.422 e. The summed E-state index contributed by atoms with van der Waals surface area (Å²) in [6.07, 6.45) is 0.156. The maximum absolute atomic E-state index is 12.1. The van der Waals surface area contributed by atoms with Gasteiger partial charge in [-0.15, -0.1) is 0 Å². The van der Waals surface area contributed by atoms with E-state index in [9.17, 15) is 18.0 Å². The van der Waals surface area contributed by atoms with E-state index in [1.54, 1.807) is 46.4 Å². The molecule has 1 saturated heterocycles. The molecular formula is C16H31N3O6S. The van der Waals surface area contributed by atoms with Crippen molar-refractivity contribution in [3.63, 3.8) is 0 Å². The fraction of sp³-hybridized carbons (Fsp3) is 0.875. The summed E-state index contributed by atoms with van der Waals surface area (Å²) in [6, 6.07) is -0.387. The Morgan fingerprint density at radius 1 is 0.962 bits per heavy atom. The van der Waals surface area contributed by atoms with Crippen molar-refractivity contribution in [2.45, 2.75) is 78.0 Å². The lowest BCUT2D eigenvalue weighted by atomic mass is 10.1. The van der Waals surface area contributed by atoms with Gasteiger partial charge in [0.15, 0.2) is 0 Å².